The summed E-state index contributed by atoms with van der Waals surface area (Å²) in [5.74, 6) is 0. The van der Waals surface area contributed by atoms with Crippen LogP contribution in [0, 0.1) is 0 Å². The van der Waals surface area contributed by atoms with Crippen molar-refractivity contribution in [1.82, 2.24) is 0 Å². The summed E-state index contributed by atoms with van der Waals surface area (Å²) in [6, 6.07) is 0. The Bertz CT molecular complexity index is 103. The maximum absolute atomic E-state index is 9.19. The molecule has 0 amide bonds. The van der Waals surface area contributed by atoms with Crippen molar-refractivity contribution in [3.05, 3.63) is 0 Å². The van der Waals surface area contributed by atoms with Crippen LogP contribution in [0.25, 0.3) is 0 Å². The third-order valence-corrected chi connectivity index (χ3v) is 1.90. The van der Waals surface area contributed by atoms with Crippen LogP contribution in [0.5, 0.6) is 0 Å². The van der Waals surface area contributed by atoms with E-state index in [9.17, 15) is 10.2 Å². The van der Waals surface area contributed by atoms with Gasteiger partial charge in [-0.3, -0.25) is 0 Å². The van der Waals surface area contributed by atoms with E-state index >= 15 is 0 Å². The van der Waals surface area contributed by atoms with Crippen molar-refractivity contribution in [2.75, 3.05) is 0 Å². The molecule has 1 heterocycles. The molecule has 1 aliphatic heterocycles. The van der Waals surface area contributed by atoms with Crippen LogP contribution < -0.4 is 0 Å². The summed E-state index contributed by atoms with van der Waals surface area (Å²) in [5.41, 5.74) is 0. The van der Waals surface area contributed by atoms with Crippen molar-refractivity contribution in [3.63, 3.8) is 0 Å². The molecule has 4 atom stereocenters. The van der Waals surface area contributed by atoms with Gasteiger partial charge < -0.3 is 14.9 Å². The van der Waals surface area contributed by atoms with Crippen molar-refractivity contribution >= 4 is 0 Å². The molecule has 0 aliphatic carbocycles. The maximum Gasteiger partial charge on any atom is 0.106 e. The fourth-order valence-corrected chi connectivity index (χ4v) is 1.29. The lowest BCUT2D eigenvalue weighted by Gasteiger charge is -2.33. The minimum atomic E-state index is -0.712. The molecular formula is C7H14O3. The summed E-state index contributed by atoms with van der Waals surface area (Å²) in [4.78, 5) is 0. The van der Waals surface area contributed by atoms with Crippen molar-refractivity contribution < 1.29 is 14.9 Å². The lowest BCUT2D eigenvalue weighted by molar-refractivity contribution is -0.156. The minimum absolute atomic E-state index is 0.0633. The second kappa shape index (κ2) is 2.86. The molecule has 1 rings (SSSR count). The van der Waals surface area contributed by atoms with Gasteiger partial charge in [0.05, 0.1) is 18.3 Å². The molecule has 3 heteroatoms. The van der Waals surface area contributed by atoms with Gasteiger partial charge in [0.25, 0.3) is 0 Å². The lowest BCUT2D eigenvalue weighted by atomic mass is 10.00. The molecule has 0 bridgehead atoms. The van der Waals surface area contributed by atoms with Gasteiger partial charge in [-0.05, 0) is 13.8 Å². The summed E-state index contributed by atoms with van der Waals surface area (Å²) < 4.78 is 5.26. The van der Waals surface area contributed by atoms with Crippen molar-refractivity contribution in [2.45, 2.75) is 44.7 Å². The highest BCUT2D eigenvalue weighted by Crippen LogP contribution is 2.19. The number of hydrogen-bond acceptors (Lipinski definition) is 3. The average molecular weight is 146 g/mol. The molecular weight excluding hydrogens is 132 g/mol. The Morgan fingerprint density at radius 2 is 1.90 bits per heavy atom. The molecule has 0 aromatic carbocycles. The molecule has 0 radical (unpaired) electrons. The van der Waals surface area contributed by atoms with E-state index in [1.807, 2.05) is 6.92 Å². The minimum Gasteiger partial charge on any atom is -0.390 e. The predicted molar refractivity (Wildman–Crippen MR) is 36.6 cm³/mol. The van der Waals surface area contributed by atoms with E-state index in [0.717, 1.165) is 0 Å². The molecule has 3 unspecified atom stereocenters. The Morgan fingerprint density at radius 1 is 1.30 bits per heavy atom. The van der Waals surface area contributed by atoms with Gasteiger partial charge in [-0.2, -0.15) is 0 Å². The molecule has 1 saturated heterocycles. The van der Waals surface area contributed by atoms with Gasteiger partial charge in [-0.1, -0.05) is 0 Å². The number of ether oxygens (including phenoxy) is 1. The summed E-state index contributed by atoms with van der Waals surface area (Å²) >= 11 is 0. The zero-order valence-corrected chi connectivity index (χ0v) is 6.32. The van der Waals surface area contributed by atoms with Gasteiger partial charge in [-0.15, -0.1) is 0 Å². The first-order chi connectivity index (χ1) is 4.61. The van der Waals surface area contributed by atoms with Gasteiger partial charge >= 0.3 is 0 Å². The molecule has 60 valence electrons. The Balaban J connectivity index is 2.49. The standard InChI is InChI=1S/C7H14O3/c1-4-3-6(8)7(9)5(2)10-4/h4-9H,3H2,1-2H3/t4-,5?,6?,7?/m0/s1. The van der Waals surface area contributed by atoms with E-state index in [0.29, 0.717) is 6.42 Å². The summed E-state index contributed by atoms with van der Waals surface area (Å²) in [5, 5.41) is 18.4. The van der Waals surface area contributed by atoms with Crippen LogP contribution in [0.1, 0.15) is 20.3 Å². The van der Waals surface area contributed by atoms with E-state index < -0.39 is 12.2 Å². The number of rotatable bonds is 0. The van der Waals surface area contributed by atoms with Gasteiger partial charge in [0, 0.05) is 6.42 Å². The first-order valence-electron chi connectivity index (χ1n) is 3.63. The van der Waals surface area contributed by atoms with Crippen molar-refractivity contribution in [2.24, 2.45) is 0 Å². The summed E-state index contributed by atoms with van der Waals surface area (Å²) in [6.45, 7) is 3.66. The van der Waals surface area contributed by atoms with Gasteiger partial charge in [0.2, 0.25) is 0 Å². The van der Waals surface area contributed by atoms with Crippen molar-refractivity contribution in [3.8, 4) is 0 Å². The Labute approximate surface area is 60.6 Å². The first-order valence-corrected chi connectivity index (χ1v) is 3.63. The third kappa shape index (κ3) is 1.48. The topological polar surface area (TPSA) is 49.7 Å². The van der Waals surface area contributed by atoms with Crippen LogP contribution >= 0.6 is 0 Å². The second-order valence-corrected chi connectivity index (χ2v) is 2.95. The normalized spacial score (nSPS) is 49.2. The molecule has 0 aromatic rings. The quantitative estimate of drug-likeness (QED) is 0.502. The number of aliphatic hydroxyl groups excluding tert-OH is 2. The second-order valence-electron chi connectivity index (χ2n) is 2.95. The molecule has 0 saturated carbocycles. The Kier molecular flexibility index (Phi) is 2.28. The van der Waals surface area contributed by atoms with Crippen LogP contribution in [0.15, 0.2) is 0 Å². The fourth-order valence-electron chi connectivity index (χ4n) is 1.29. The number of hydrogen-bond donors (Lipinski definition) is 2. The largest absolute Gasteiger partial charge is 0.390 e. The highest BCUT2D eigenvalue weighted by molar-refractivity contribution is 4.80. The summed E-state index contributed by atoms with van der Waals surface area (Å²) in [7, 11) is 0. The summed E-state index contributed by atoms with van der Waals surface area (Å²) in [6.07, 6.45) is -0.965. The molecule has 1 fully saturated rings. The van der Waals surface area contributed by atoms with Crippen LogP contribution in [0.4, 0.5) is 0 Å². The van der Waals surface area contributed by atoms with E-state index in [-0.39, 0.29) is 12.2 Å². The number of aliphatic hydroxyl groups is 2. The Hall–Kier alpha value is -0.120. The monoisotopic (exact) mass is 146 g/mol. The SMILES string of the molecule is CC1O[C@@H](C)CC(O)C1O. The average Bonchev–Trinajstić information content (AvgIpc) is 1.82. The van der Waals surface area contributed by atoms with Crippen LogP contribution in [-0.2, 0) is 4.74 Å². The van der Waals surface area contributed by atoms with Gasteiger partial charge in [0.15, 0.2) is 0 Å². The zero-order valence-electron chi connectivity index (χ0n) is 6.32. The molecule has 2 N–H and O–H groups in total. The molecule has 3 nitrogen and oxygen atoms in total. The lowest BCUT2D eigenvalue weighted by Crippen LogP contribution is -2.45. The highest BCUT2D eigenvalue weighted by Gasteiger charge is 2.31. The van der Waals surface area contributed by atoms with Crippen LogP contribution in [0.3, 0.4) is 0 Å². The van der Waals surface area contributed by atoms with E-state index in [4.69, 9.17) is 4.74 Å². The maximum atomic E-state index is 9.19. The van der Waals surface area contributed by atoms with Gasteiger partial charge in [0.1, 0.15) is 6.10 Å². The zero-order chi connectivity index (χ0) is 7.72. The van der Waals surface area contributed by atoms with Crippen molar-refractivity contribution in [1.29, 1.82) is 0 Å². The molecule has 1 aliphatic rings. The van der Waals surface area contributed by atoms with Crippen LogP contribution in [0.2, 0.25) is 0 Å². The highest BCUT2D eigenvalue weighted by atomic mass is 16.5. The van der Waals surface area contributed by atoms with Crippen LogP contribution in [-0.4, -0.2) is 34.6 Å². The van der Waals surface area contributed by atoms with E-state index in [1.54, 1.807) is 6.92 Å². The molecule has 0 aromatic heterocycles. The first kappa shape index (κ1) is 7.98. The Morgan fingerprint density at radius 3 is 2.40 bits per heavy atom. The molecule has 0 spiro atoms. The molecule has 10 heavy (non-hydrogen) atoms. The third-order valence-electron chi connectivity index (χ3n) is 1.90. The predicted octanol–water partition coefficient (Wildman–Crippen LogP) is -0.0945. The fraction of sp³-hybridized carbons (Fsp3) is 1.00. The van der Waals surface area contributed by atoms with E-state index in [2.05, 4.69) is 0 Å². The van der Waals surface area contributed by atoms with E-state index in [1.165, 1.54) is 0 Å². The smallest absolute Gasteiger partial charge is 0.106 e. The van der Waals surface area contributed by atoms with Gasteiger partial charge in [-0.25, -0.2) is 0 Å².